The quantitative estimate of drug-likeness (QED) is 0.917. The largest absolute Gasteiger partial charge is 0.480 e. The SMILES string of the molecule is Cc1cccc(OC(C)c2ccc(C(=O)O)o2)c1F. The summed E-state index contributed by atoms with van der Waals surface area (Å²) in [5.41, 5.74) is 0.482. The van der Waals surface area contributed by atoms with Crippen molar-refractivity contribution in [1.82, 2.24) is 0 Å². The number of aryl methyl sites for hydroxylation is 1. The molecule has 1 unspecified atom stereocenters. The van der Waals surface area contributed by atoms with E-state index >= 15 is 0 Å². The number of carbonyl (C=O) groups is 1. The van der Waals surface area contributed by atoms with Crippen LogP contribution in [0.5, 0.6) is 5.75 Å². The second-order valence-electron chi connectivity index (χ2n) is 4.15. The molecule has 0 bridgehead atoms. The molecule has 5 heteroatoms. The molecule has 2 rings (SSSR count). The molecular weight excluding hydrogens is 251 g/mol. The predicted octanol–water partition coefficient (Wildman–Crippen LogP) is 3.57. The molecule has 1 N–H and O–H groups in total. The zero-order chi connectivity index (χ0) is 14.0. The molecule has 2 aromatic rings. The molecule has 0 aliphatic rings. The molecule has 0 saturated heterocycles. The average Bonchev–Trinajstić information content (AvgIpc) is 2.84. The van der Waals surface area contributed by atoms with Crippen molar-refractivity contribution in [2.75, 3.05) is 0 Å². The molecule has 1 aromatic heterocycles. The third kappa shape index (κ3) is 2.76. The van der Waals surface area contributed by atoms with Crippen molar-refractivity contribution in [1.29, 1.82) is 0 Å². The van der Waals surface area contributed by atoms with E-state index in [9.17, 15) is 9.18 Å². The molecule has 0 fully saturated rings. The van der Waals surface area contributed by atoms with Gasteiger partial charge in [-0.3, -0.25) is 0 Å². The first-order valence-electron chi connectivity index (χ1n) is 5.74. The molecule has 0 radical (unpaired) electrons. The van der Waals surface area contributed by atoms with Crippen LogP contribution in [0, 0.1) is 12.7 Å². The van der Waals surface area contributed by atoms with Crippen LogP contribution in [0.25, 0.3) is 0 Å². The molecule has 0 saturated carbocycles. The normalized spacial score (nSPS) is 12.2. The number of halogens is 1. The summed E-state index contributed by atoms with van der Waals surface area (Å²) >= 11 is 0. The summed E-state index contributed by atoms with van der Waals surface area (Å²) in [5.74, 6) is -1.31. The van der Waals surface area contributed by atoms with Gasteiger partial charge in [-0.25, -0.2) is 9.18 Å². The highest BCUT2D eigenvalue weighted by Crippen LogP contribution is 2.26. The van der Waals surface area contributed by atoms with Gasteiger partial charge in [-0.05, 0) is 37.6 Å². The fourth-order valence-corrected chi connectivity index (χ4v) is 1.65. The van der Waals surface area contributed by atoms with E-state index in [1.807, 2.05) is 0 Å². The van der Waals surface area contributed by atoms with E-state index < -0.39 is 17.9 Å². The molecule has 1 aromatic carbocycles. The van der Waals surface area contributed by atoms with Gasteiger partial charge in [0.05, 0.1) is 0 Å². The van der Waals surface area contributed by atoms with Gasteiger partial charge in [-0.15, -0.1) is 0 Å². The van der Waals surface area contributed by atoms with Crippen LogP contribution in [0.4, 0.5) is 4.39 Å². The molecular formula is C14H13FO4. The second-order valence-corrected chi connectivity index (χ2v) is 4.15. The van der Waals surface area contributed by atoms with Gasteiger partial charge in [0.25, 0.3) is 0 Å². The molecule has 19 heavy (non-hydrogen) atoms. The molecule has 4 nitrogen and oxygen atoms in total. The van der Waals surface area contributed by atoms with E-state index in [-0.39, 0.29) is 11.5 Å². The summed E-state index contributed by atoms with van der Waals surface area (Å²) in [6.45, 7) is 3.30. The Labute approximate surface area is 109 Å². The van der Waals surface area contributed by atoms with Crippen LogP contribution in [0.1, 0.15) is 34.9 Å². The van der Waals surface area contributed by atoms with Crippen molar-refractivity contribution in [2.24, 2.45) is 0 Å². The number of benzene rings is 1. The standard InChI is InChI=1S/C14H13FO4/c1-8-4-3-5-11(13(8)15)18-9(2)10-6-7-12(19-10)14(16)17/h3-7,9H,1-2H3,(H,16,17). The highest BCUT2D eigenvalue weighted by molar-refractivity contribution is 5.84. The van der Waals surface area contributed by atoms with E-state index in [0.717, 1.165) is 0 Å². The number of ether oxygens (including phenoxy) is 1. The lowest BCUT2D eigenvalue weighted by Gasteiger charge is -2.13. The number of carboxylic acid groups (broad SMARTS) is 1. The molecule has 0 amide bonds. The fourth-order valence-electron chi connectivity index (χ4n) is 1.65. The maximum absolute atomic E-state index is 13.8. The Kier molecular flexibility index (Phi) is 3.55. The maximum atomic E-state index is 13.8. The molecule has 0 aliphatic carbocycles. The first-order chi connectivity index (χ1) is 8.99. The third-order valence-electron chi connectivity index (χ3n) is 2.70. The summed E-state index contributed by atoms with van der Waals surface area (Å²) in [7, 11) is 0. The number of hydrogen-bond donors (Lipinski definition) is 1. The van der Waals surface area contributed by atoms with Gasteiger partial charge in [0.1, 0.15) is 5.76 Å². The Morgan fingerprint density at radius 1 is 1.37 bits per heavy atom. The van der Waals surface area contributed by atoms with Gasteiger partial charge >= 0.3 is 5.97 Å². The monoisotopic (exact) mass is 264 g/mol. The number of carboxylic acids is 1. The van der Waals surface area contributed by atoms with Gasteiger partial charge < -0.3 is 14.3 Å². The van der Waals surface area contributed by atoms with E-state index in [4.69, 9.17) is 14.3 Å². The highest BCUT2D eigenvalue weighted by atomic mass is 19.1. The van der Waals surface area contributed by atoms with Crippen molar-refractivity contribution in [3.05, 3.63) is 53.2 Å². The smallest absolute Gasteiger partial charge is 0.371 e. The van der Waals surface area contributed by atoms with Crippen LogP contribution in [0.3, 0.4) is 0 Å². The van der Waals surface area contributed by atoms with Gasteiger partial charge in [0.15, 0.2) is 17.7 Å². The summed E-state index contributed by atoms with van der Waals surface area (Å²) in [6, 6.07) is 7.68. The van der Waals surface area contributed by atoms with Gasteiger partial charge in [0, 0.05) is 0 Å². The Morgan fingerprint density at radius 2 is 2.11 bits per heavy atom. The minimum Gasteiger partial charge on any atom is -0.480 e. The molecule has 1 atom stereocenters. The van der Waals surface area contributed by atoms with E-state index in [1.54, 1.807) is 26.0 Å². The Morgan fingerprint density at radius 3 is 2.74 bits per heavy atom. The molecule has 0 spiro atoms. The summed E-state index contributed by atoms with van der Waals surface area (Å²) in [4.78, 5) is 10.7. The average molecular weight is 264 g/mol. The zero-order valence-electron chi connectivity index (χ0n) is 10.5. The first-order valence-corrected chi connectivity index (χ1v) is 5.74. The van der Waals surface area contributed by atoms with Crippen LogP contribution < -0.4 is 4.74 Å². The number of rotatable bonds is 4. The minimum atomic E-state index is -1.15. The van der Waals surface area contributed by atoms with Crippen molar-refractivity contribution < 1.29 is 23.4 Å². The van der Waals surface area contributed by atoms with E-state index in [1.165, 1.54) is 18.2 Å². The van der Waals surface area contributed by atoms with Gasteiger partial charge in [-0.1, -0.05) is 12.1 Å². The van der Waals surface area contributed by atoms with Crippen LogP contribution in [0.2, 0.25) is 0 Å². The predicted molar refractivity (Wildman–Crippen MR) is 65.8 cm³/mol. The molecule has 0 aliphatic heterocycles. The highest BCUT2D eigenvalue weighted by Gasteiger charge is 2.17. The third-order valence-corrected chi connectivity index (χ3v) is 2.70. The van der Waals surface area contributed by atoms with Crippen molar-refractivity contribution in [3.63, 3.8) is 0 Å². The maximum Gasteiger partial charge on any atom is 0.371 e. The van der Waals surface area contributed by atoms with Crippen molar-refractivity contribution in [3.8, 4) is 5.75 Å². The number of furan rings is 1. The number of hydrogen-bond acceptors (Lipinski definition) is 3. The topological polar surface area (TPSA) is 59.7 Å². The van der Waals surface area contributed by atoms with E-state index in [2.05, 4.69) is 0 Å². The lowest BCUT2D eigenvalue weighted by Crippen LogP contribution is -2.04. The van der Waals surface area contributed by atoms with Gasteiger partial charge in [0.2, 0.25) is 5.76 Å². The summed E-state index contributed by atoms with van der Waals surface area (Å²) < 4.78 is 24.3. The van der Waals surface area contributed by atoms with E-state index in [0.29, 0.717) is 11.3 Å². The van der Waals surface area contributed by atoms with Crippen molar-refractivity contribution >= 4 is 5.97 Å². The minimum absolute atomic E-state index is 0.112. The molecule has 1 heterocycles. The summed E-state index contributed by atoms with van der Waals surface area (Å²) in [6.07, 6.45) is -0.579. The van der Waals surface area contributed by atoms with Crippen molar-refractivity contribution in [2.45, 2.75) is 20.0 Å². The Balaban J connectivity index is 2.18. The number of aromatic carboxylic acids is 1. The molecule has 100 valence electrons. The fraction of sp³-hybridized carbons (Fsp3) is 0.214. The second kappa shape index (κ2) is 5.14. The lowest BCUT2D eigenvalue weighted by atomic mass is 10.2. The van der Waals surface area contributed by atoms with Gasteiger partial charge in [-0.2, -0.15) is 0 Å². The summed E-state index contributed by atoms with van der Waals surface area (Å²) in [5, 5.41) is 8.76. The van der Waals surface area contributed by atoms with Crippen LogP contribution >= 0.6 is 0 Å². The Hall–Kier alpha value is -2.30. The van der Waals surface area contributed by atoms with Crippen LogP contribution in [-0.2, 0) is 0 Å². The lowest BCUT2D eigenvalue weighted by molar-refractivity contribution is 0.0655. The van der Waals surface area contributed by atoms with Crippen LogP contribution in [0.15, 0.2) is 34.7 Å². The first kappa shape index (κ1) is 13.1. The zero-order valence-corrected chi connectivity index (χ0v) is 10.5. The van der Waals surface area contributed by atoms with Crippen LogP contribution in [-0.4, -0.2) is 11.1 Å². The Bertz CT molecular complexity index is 603.